The molecule has 0 saturated heterocycles. The number of hydrogen-bond donors (Lipinski definition) is 1. The maximum Gasteiger partial charge on any atom is 0.269 e. The van der Waals surface area contributed by atoms with Crippen LogP contribution in [0.2, 0.25) is 5.02 Å². The number of nitrogens with zero attached hydrogens (tertiary/aromatic N) is 6. The molecule has 1 N–H and O–H groups in total. The number of amidine groups is 1. The first-order valence-electron chi connectivity index (χ1n) is 12.8. The number of para-hydroxylation sites is 2. The smallest absolute Gasteiger partial charge is 0.269 e. The van der Waals surface area contributed by atoms with Crippen LogP contribution in [0.1, 0.15) is 11.1 Å². The summed E-state index contributed by atoms with van der Waals surface area (Å²) in [6.45, 7) is 1.67. The van der Waals surface area contributed by atoms with Crippen molar-refractivity contribution in [2.24, 2.45) is 15.3 Å². The molecule has 5 rings (SSSR count). The molecule has 13 heteroatoms. The fraction of sp³-hybridized carbons (Fsp3) is 0.0667. The SMILES string of the molecule is Cc1cc([N+](=O)[O-])ccc1N=N/C(=N/NC(=O)CSc1nc2ccccc2c(=O)n1-c1ccccc1)c1ccccc1Cl. The zero-order valence-electron chi connectivity index (χ0n) is 22.5. The number of fused-ring (bicyclic) bond motifs is 1. The van der Waals surface area contributed by atoms with E-state index in [2.05, 4.69) is 25.7 Å². The summed E-state index contributed by atoms with van der Waals surface area (Å²) < 4.78 is 1.47. The first-order chi connectivity index (χ1) is 20.8. The number of aryl methyl sites for hydroxylation is 1. The van der Waals surface area contributed by atoms with Crippen molar-refractivity contribution in [1.82, 2.24) is 15.0 Å². The Morgan fingerprint density at radius 2 is 1.74 bits per heavy atom. The predicted octanol–water partition coefficient (Wildman–Crippen LogP) is 6.61. The van der Waals surface area contributed by atoms with Crippen LogP contribution < -0.4 is 11.0 Å². The molecule has 0 bridgehead atoms. The van der Waals surface area contributed by atoms with Gasteiger partial charge in [-0.15, -0.1) is 10.2 Å². The molecule has 43 heavy (non-hydrogen) atoms. The topological polar surface area (TPSA) is 144 Å². The molecular formula is C30H22ClN7O4S. The molecule has 0 saturated carbocycles. The Morgan fingerprint density at radius 3 is 2.49 bits per heavy atom. The molecule has 0 aliphatic heterocycles. The van der Waals surface area contributed by atoms with E-state index in [4.69, 9.17) is 11.6 Å². The van der Waals surface area contributed by atoms with Crippen LogP contribution in [0.25, 0.3) is 16.6 Å². The molecule has 11 nitrogen and oxygen atoms in total. The lowest BCUT2D eigenvalue weighted by atomic mass is 10.2. The zero-order valence-corrected chi connectivity index (χ0v) is 24.1. The average molecular weight is 612 g/mol. The van der Waals surface area contributed by atoms with Crippen LogP contribution in [0.15, 0.2) is 122 Å². The molecule has 1 aromatic heterocycles. The average Bonchev–Trinajstić information content (AvgIpc) is 3.01. The molecule has 0 aliphatic carbocycles. The van der Waals surface area contributed by atoms with Gasteiger partial charge in [-0.05, 0) is 55.0 Å². The number of nitrogens with one attached hydrogen (secondary N) is 1. The third-order valence-electron chi connectivity index (χ3n) is 6.14. The normalized spacial score (nSPS) is 11.6. The standard InChI is InChI=1S/C30H22ClN7O4S/c1-19-17-21(38(41)42)15-16-25(19)33-35-28(22-11-5-7-13-24(22)31)36-34-27(39)18-43-30-32-26-14-8-6-12-23(26)29(40)37(30)20-9-3-2-4-10-20/h2-17H,18H2,1H3,(H,34,39)/b35-33?,36-28+. The predicted molar refractivity (Wildman–Crippen MR) is 167 cm³/mol. The van der Waals surface area contributed by atoms with E-state index in [1.165, 1.54) is 22.8 Å². The van der Waals surface area contributed by atoms with Crippen molar-refractivity contribution < 1.29 is 9.72 Å². The van der Waals surface area contributed by atoms with Crippen LogP contribution in [0.4, 0.5) is 11.4 Å². The second-order valence-electron chi connectivity index (χ2n) is 9.05. The van der Waals surface area contributed by atoms with Gasteiger partial charge in [-0.1, -0.05) is 65.8 Å². The quantitative estimate of drug-likeness (QED) is 0.0397. The number of amides is 1. The van der Waals surface area contributed by atoms with Gasteiger partial charge in [0.15, 0.2) is 5.16 Å². The zero-order chi connectivity index (χ0) is 30.3. The monoisotopic (exact) mass is 611 g/mol. The van der Waals surface area contributed by atoms with Gasteiger partial charge in [-0.25, -0.2) is 10.4 Å². The van der Waals surface area contributed by atoms with E-state index in [0.717, 1.165) is 11.8 Å². The first-order valence-corrected chi connectivity index (χ1v) is 14.2. The van der Waals surface area contributed by atoms with Gasteiger partial charge >= 0.3 is 0 Å². The molecule has 214 valence electrons. The van der Waals surface area contributed by atoms with E-state index in [-0.39, 0.29) is 22.8 Å². The van der Waals surface area contributed by atoms with Crippen molar-refractivity contribution in [3.63, 3.8) is 0 Å². The minimum Gasteiger partial charge on any atom is -0.272 e. The highest BCUT2D eigenvalue weighted by Crippen LogP contribution is 2.25. The molecule has 0 fully saturated rings. The third-order valence-corrected chi connectivity index (χ3v) is 7.40. The number of azo groups is 1. The molecule has 0 aliphatic rings. The number of aromatic nitrogens is 2. The minimum absolute atomic E-state index is 0.0201. The minimum atomic E-state index is -0.495. The number of hydrazone groups is 1. The van der Waals surface area contributed by atoms with Gasteiger partial charge in [-0.2, -0.15) is 5.10 Å². The largest absolute Gasteiger partial charge is 0.272 e. The van der Waals surface area contributed by atoms with Crippen molar-refractivity contribution >= 4 is 57.4 Å². The van der Waals surface area contributed by atoms with E-state index in [9.17, 15) is 19.7 Å². The highest BCUT2D eigenvalue weighted by Gasteiger charge is 2.16. The maximum atomic E-state index is 13.4. The second kappa shape index (κ2) is 13.2. The second-order valence-corrected chi connectivity index (χ2v) is 10.4. The van der Waals surface area contributed by atoms with E-state index >= 15 is 0 Å². The number of carbonyl (C=O) groups excluding carboxylic acids is 1. The molecule has 5 aromatic rings. The molecule has 0 atom stereocenters. The fourth-order valence-electron chi connectivity index (χ4n) is 4.04. The van der Waals surface area contributed by atoms with E-state index in [1.807, 2.05) is 18.2 Å². The summed E-state index contributed by atoms with van der Waals surface area (Å²) in [4.78, 5) is 41.5. The van der Waals surface area contributed by atoms with Gasteiger partial charge in [0.05, 0.1) is 38.0 Å². The van der Waals surface area contributed by atoms with E-state index < -0.39 is 10.8 Å². The Kier molecular flexibility index (Phi) is 8.99. The van der Waals surface area contributed by atoms with Crippen molar-refractivity contribution in [2.45, 2.75) is 12.1 Å². The van der Waals surface area contributed by atoms with Crippen molar-refractivity contribution in [1.29, 1.82) is 0 Å². The highest BCUT2D eigenvalue weighted by molar-refractivity contribution is 7.99. The van der Waals surface area contributed by atoms with Crippen LogP contribution in [0.5, 0.6) is 0 Å². The summed E-state index contributed by atoms with van der Waals surface area (Å²) in [5.74, 6) is -0.583. The summed E-state index contributed by atoms with van der Waals surface area (Å²) in [5, 5.41) is 24.7. The summed E-state index contributed by atoms with van der Waals surface area (Å²) in [6, 6.07) is 27.0. The molecule has 4 aromatic carbocycles. The van der Waals surface area contributed by atoms with Gasteiger partial charge in [-0.3, -0.25) is 24.3 Å². The van der Waals surface area contributed by atoms with Gasteiger partial charge < -0.3 is 0 Å². The lowest BCUT2D eigenvalue weighted by Gasteiger charge is -2.13. The molecule has 0 unspecified atom stereocenters. The third kappa shape index (κ3) is 6.83. The summed E-state index contributed by atoms with van der Waals surface area (Å²) >= 11 is 7.45. The van der Waals surface area contributed by atoms with Crippen LogP contribution in [0.3, 0.4) is 0 Å². The van der Waals surface area contributed by atoms with Crippen molar-refractivity contribution in [3.8, 4) is 5.69 Å². The number of nitro groups is 1. The maximum absolute atomic E-state index is 13.4. The number of rotatable bonds is 8. The number of halogens is 1. The lowest BCUT2D eigenvalue weighted by molar-refractivity contribution is -0.384. The molecule has 0 radical (unpaired) electrons. The van der Waals surface area contributed by atoms with Gasteiger partial charge in [0.25, 0.3) is 17.2 Å². The summed E-state index contributed by atoms with van der Waals surface area (Å²) in [7, 11) is 0. The highest BCUT2D eigenvalue weighted by atomic mass is 35.5. The van der Waals surface area contributed by atoms with Crippen LogP contribution in [-0.2, 0) is 4.79 Å². The number of non-ortho nitro benzene ring substituents is 1. The molecule has 1 amide bonds. The Balaban J connectivity index is 1.40. The van der Waals surface area contributed by atoms with Crippen molar-refractivity contribution in [3.05, 3.63) is 134 Å². The molecular weight excluding hydrogens is 590 g/mol. The number of nitro benzene ring substituents is 1. The van der Waals surface area contributed by atoms with Crippen LogP contribution in [0, 0.1) is 17.0 Å². The Morgan fingerprint density at radius 1 is 1.02 bits per heavy atom. The summed E-state index contributed by atoms with van der Waals surface area (Å²) in [6.07, 6.45) is 0. The Hall–Kier alpha value is -5.20. The van der Waals surface area contributed by atoms with E-state index in [1.54, 1.807) is 67.6 Å². The van der Waals surface area contributed by atoms with Gasteiger partial charge in [0.2, 0.25) is 5.84 Å². The van der Waals surface area contributed by atoms with Crippen LogP contribution in [-0.4, -0.2) is 32.0 Å². The number of benzene rings is 4. The Bertz CT molecular complexity index is 1960. The number of thioether (sulfide) groups is 1. The number of hydrogen-bond acceptors (Lipinski definition) is 8. The first kappa shape index (κ1) is 29.3. The Labute approximate surface area is 254 Å². The van der Waals surface area contributed by atoms with Crippen LogP contribution >= 0.6 is 23.4 Å². The van der Waals surface area contributed by atoms with Gasteiger partial charge in [0, 0.05) is 17.7 Å². The van der Waals surface area contributed by atoms with Crippen molar-refractivity contribution in [2.75, 3.05) is 5.75 Å². The van der Waals surface area contributed by atoms with Gasteiger partial charge in [0.1, 0.15) is 0 Å². The fourth-order valence-corrected chi connectivity index (χ4v) is 5.06. The lowest BCUT2D eigenvalue weighted by Crippen LogP contribution is -2.24. The summed E-state index contributed by atoms with van der Waals surface area (Å²) in [5.41, 5.74) is 4.62. The molecule has 1 heterocycles. The van der Waals surface area contributed by atoms with E-state index in [0.29, 0.717) is 43.6 Å². The number of carbonyl (C=O) groups is 1. The molecule has 0 spiro atoms.